The summed E-state index contributed by atoms with van der Waals surface area (Å²) < 4.78 is 0. The molecule has 4 nitrogen and oxygen atoms in total. The predicted molar refractivity (Wildman–Crippen MR) is 94.4 cm³/mol. The molecular formula is C20H16N2O2. The van der Waals surface area contributed by atoms with Gasteiger partial charge in [-0.1, -0.05) is 41.8 Å². The number of rotatable bonds is 3. The number of aliphatic imine (C=N–C) groups is 1. The molecule has 1 aliphatic rings. The highest BCUT2D eigenvalue weighted by molar-refractivity contribution is 6.29. The van der Waals surface area contributed by atoms with Gasteiger partial charge in [0.2, 0.25) is 5.91 Å². The Morgan fingerprint density at radius 1 is 1.17 bits per heavy atom. The van der Waals surface area contributed by atoms with E-state index < -0.39 is 5.92 Å². The monoisotopic (exact) mass is 316 g/mol. The third-order valence-electron chi connectivity index (χ3n) is 3.95. The summed E-state index contributed by atoms with van der Waals surface area (Å²) in [4.78, 5) is 31.1. The van der Waals surface area contributed by atoms with Crippen LogP contribution in [0.25, 0.3) is 0 Å². The summed E-state index contributed by atoms with van der Waals surface area (Å²) in [6.45, 7) is 2.15. The van der Waals surface area contributed by atoms with E-state index >= 15 is 0 Å². The fourth-order valence-corrected chi connectivity index (χ4v) is 2.75. The van der Waals surface area contributed by atoms with E-state index in [-0.39, 0.29) is 18.4 Å². The number of terminal acetylenes is 1. The van der Waals surface area contributed by atoms with Crippen molar-refractivity contribution in [3.63, 3.8) is 0 Å². The second-order valence-corrected chi connectivity index (χ2v) is 5.57. The van der Waals surface area contributed by atoms with Gasteiger partial charge in [0.15, 0.2) is 0 Å². The number of hydrogen-bond donors (Lipinski definition) is 0. The Kier molecular flexibility index (Phi) is 4.26. The maximum absolute atomic E-state index is 12.9. The Balaban J connectivity index is 2.09. The van der Waals surface area contributed by atoms with Crippen molar-refractivity contribution < 1.29 is 9.59 Å². The Morgan fingerprint density at radius 3 is 2.58 bits per heavy atom. The number of carbonyl (C=O) groups excluding carboxylic acids is 2. The average Bonchev–Trinajstić information content (AvgIpc) is 2.60. The number of imide groups is 1. The number of benzene rings is 2. The van der Waals surface area contributed by atoms with Crippen LogP contribution < -0.4 is 4.90 Å². The van der Waals surface area contributed by atoms with E-state index in [0.717, 1.165) is 5.56 Å². The summed E-state index contributed by atoms with van der Waals surface area (Å²) >= 11 is 0. The van der Waals surface area contributed by atoms with Crippen molar-refractivity contribution in [1.29, 1.82) is 0 Å². The van der Waals surface area contributed by atoms with Gasteiger partial charge in [-0.2, -0.15) is 0 Å². The highest BCUT2D eigenvalue weighted by Crippen LogP contribution is 2.31. The third kappa shape index (κ3) is 2.72. The number of fused-ring (bicyclic) bond motifs is 1. The molecule has 0 radical (unpaired) electrons. The van der Waals surface area contributed by atoms with Gasteiger partial charge < -0.3 is 0 Å². The van der Waals surface area contributed by atoms with Crippen molar-refractivity contribution in [3.8, 4) is 12.3 Å². The van der Waals surface area contributed by atoms with Crippen LogP contribution in [-0.4, -0.2) is 24.6 Å². The molecule has 4 heteroatoms. The number of anilines is 1. The van der Waals surface area contributed by atoms with Crippen molar-refractivity contribution in [2.24, 2.45) is 4.99 Å². The van der Waals surface area contributed by atoms with Crippen molar-refractivity contribution >= 4 is 23.7 Å². The lowest BCUT2D eigenvalue weighted by molar-refractivity contribution is -0.118. The first kappa shape index (κ1) is 15.7. The van der Waals surface area contributed by atoms with Gasteiger partial charge in [0, 0.05) is 11.8 Å². The standard InChI is InChI=1S/C20H16N2O2/c1-3-12-21-13-18-16-6-4-5-7-17(16)19(23)22(20(18)24)15-10-8-14(2)9-11-15/h1,4-11,13,18H,12H2,2H3/t18-/m1/s1. The van der Waals surface area contributed by atoms with Gasteiger partial charge in [-0.05, 0) is 30.7 Å². The van der Waals surface area contributed by atoms with Crippen LogP contribution >= 0.6 is 0 Å². The Morgan fingerprint density at radius 2 is 1.88 bits per heavy atom. The van der Waals surface area contributed by atoms with Gasteiger partial charge in [-0.15, -0.1) is 6.42 Å². The first-order valence-electron chi connectivity index (χ1n) is 7.61. The van der Waals surface area contributed by atoms with Crippen LogP contribution in [0.5, 0.6) is 0 Å². The van der Waals surface area contributed by atoms with E-state index in [1.165, 1.54) is 11.1 Å². The zero-order chi connectivity index (χ0) is 17.1. The van der Waals surface area contributed by atoms with Crippen LogP contribution in [0.4, 0.5) is 5.69 Å². The minimum absolute atomic E-state index is 0.199. The minimum Gasteiger partial charge on any atom is -0.283 e. The topological polar surface area (TPSA) is 49.7 Å². The van der Waals surface area contributed by atoms with E-state index in [2.05, 4.69) is 10.9 Å². The molecule has 0 aliphatic carbocycles. The molecular weight excluding hydrogens is 300 g/mol. The van der Waals surface area contributed by atoms with Gasteiger partial charge in [-0.25, -0.2) is 4.90 Å². The first-order chi connectivity index (χ1) is 11.6. The summed E-state index contributed by atoms with van der Waals surface area (Å²) in [7, 11) is 0. The molecule has 0 fully saturated rings. The molecule has 2 aromatic rings. The van der Waals surface area contributed by atoms with Gasteiger partial charge >= 0.3 is 0 Å². The second-order valence-electron chi connectivity index (χ2n) is 5.57. The van der Waals surface area contributed by atoms with Crippen LogP contribution in [0.15, 0.2) is 53.5 Å². The van der Waals surface area contributed by atoms with Crippen molar-refractivity contribution in [2.75, 3.05) is 11.4 Å². The summed E-state index contributed by atoms with van der Waals surface area (Å²) in [5.41, 5.74) is 2.79. The SMILES string of the molecule is C#CCN=C[C@H]1C(=O)N(c2ccc(C)cc2)C(=O)c2ccccc21. The normalized spacial score (nSPS) is 17.0. The molecule has 0 bridgehead atoms. The molecule has 0 N–H and O–H groups in total. The quantitative estimate of drug-likeness (QED) is 0.496. The molecule has 0 saturated carbocycles. The van der Waals surface area contributed by atoms with Gasteiger partial charge in [0.25, 0.3) is 5.91 Å². The number of hydrogen-bond acceptors (Lipinski definition) is 3. The van der Waals surface area contributed by atoms with Crippen LogP contribution in [0.2, 0.25) is 0 Å². The molecule has 0 spiro atoms. The molecule has 1 atom stereocenters. The number of nitrogens with zero attached hydrogens (tertiary/aromatic N) is 2. The Bertz CT molecular complexity index is 860. The van der Waals surface area contributed by atoms with Crippen LogP contribution in [0.1, 0.15) is 27.4 Å². The van der Waals surface area contributed by atoms with Crippen LogP contribution in [-0.2, 0) is 4.79 Å². The molecule has 2 aromatic carbocycles. The number of amides is 2. The number of aryl methyl sites for hydroxylation is 1. The van der Waals surface area contributed by atoms with Crippen molar-refractivity contribution in [2.45, 2.75) is 12.8 Å². The van der Waals surface area contributed by atoms with Gasteiger partial charge in [0.1, 0.15) is 0 Å². The van der Waals surface area contributed by atoms with E-state index in [4.69, 9.17) is 6.42 Å². The predicted octanol–water partition coefficient (Wildman–Crippen LogP) is 2.97. The fraction of sp³-hybridized carbons (Fsp3) is 0.150. The lowest BCUT2D eigenvalue weighted by atomic mass is 9.89. The molecule has 3 rings (SSSR count). The molecule has 2 amide bonds. The molecule has 24 heavy (non-hydrogen) atoms. The molecule has 1 aliphatic heterocycles. The molecule has 1 heterocycles. The molecule has 0 unspecified atom stereocenters. The summed E-state index contributed by atoms with van der Waals surface area (Å²) in [6.07, 6.45) is 6.75. The summed E-state index contributed by atoms with van der Waals surface area (Å²) in [5.74, 6) is 1.16. The van der Waals surface area contributed by atoms with E-state index in [0.29, 0.717) is 16.8 Å². The molecule has 0 saturated heterocycles. The molecule has 0 aromatic heterocycles. The Hall–Kier alpha value is -3.19. The van der Waals surface area contributed by atoms with E-state index in [9.17, 15) is 9.59 Å². The van der Waals surface area contributed by atoms with Gasteiger partial charge in [-0.3, -0.25) is 14.6 Å². The Labute approximate surface area is 140 Å². The third-order valence-corrected chi connectivity index (χ3v) is 3.95. The summed E-state index contributed by atoms with van der Waals surface area (Å²) in [5, 5.41) is 0. The zero-order valence-electron chi connectivity index (χ0n) is 13.3. The highest BCUT2D eigenvalue weighted by Gasteiger charge is 2.38. The fourth-order valence-electron chi connectivity index (χ4n) is 2.75. The van der Waals surface area contributed by atoms with E-state index in [1.807, 2.05) is 25.1 Å². The minimum atomic E-state index is -0.617. The lowest BCUT2D eigenvalue weighted by Gasteiger charge is -2.31. The number of carbonyl (C=O) groups is 2. The smallest absolute Gasteiger partial charge is 0.265 e. The second kappa shape index (κ2) is 6.51. The first-order valence-corrected chi connectivity index (χ1v) is 7.61. The zero-order valence-corrected chi connectivity index (χ0v) is 13.3. The maximum Gasteiger partial charge on any atom is 0.265 e. The van der Waals surface area contributed by atoms with Crippen molar-refractivity contribution in [1.82, 2.24) is 0 Å². The summed E-state index contributed by atoms with van der Waals surface area (Å²) in [6, 6.07) is 14.4. The lowest BCUT2D eigenvalue weighted by Crippen LogP contribution is -2.45. The van der Waals surface area contributed by atoms with Crippen molar-refractivity contribution in [3.05, 3.63) is 65.2 Å². The van der Waals surface area contributed by atoms with E-state index in [1.54, 1.807) is 30.3 Å². The maximum atomic E-state index is 12.9. The largest absolute Gasteiger partial charge is 0.283 e. The van der Waals surface area contributed by atoms with Crippen LogP contribution in [0.3, 0.4) is 0 Å². The van der Waals surface area contributed by atoms with Crippen LogP contribution in [0, 0.1) is 19.3 Å². The average molecular weight is 316 g/mol. The van der Waals surface area contributed by atoms with Gasteiger partial charge in [0.05, 0.1) is 18.2 Å². The molecule has 118 valence electrons. The highest BCUT2D eigenvalue weighted by atomic mass is 16.2.